The lowest BCUT2D eigenvalue weighted by Gasteiger charge is -2.29. The van der Waals surface area contributed by atoms with E-state index < -0.39 is 0 Å². The number of nitrogens with zero attached hydrogens (tertiary/aromatic N) is 1. The van der Waals surface area contributed by atoms with Gasteiger partial charge in [0.25, 0.3) is 0 Å². The molecule has 0 saturated carbocycles. The molecule has 116 valence electrons. The molecule has 1 aliphatic rings. The SMILES string of the molecule is C[C@H](C(=O)Nc1cccc(F)c1)N1CCC[C@@H]1c1ccsc1. The summed E-state index contributed by atoms with van der Waals surface area (Å²) in [6.07, 6.45) is 2.17. The molecule has 1 amide bonds. The van der Waals surface area contributed by atoms with Gasteiger partial charge in [-0.1, -0.05) is 6.07 Å². The molecule has 0 unspecified atom stereocenters. The zero-order valence-electron chi connectivity index (χ0n) is 12.5. The Morgan fingerprint density at radius 2 is 2.32 bits per heavy atom. The van der Waals surface area contributed by atoms with Gasteiger partial charge in [-0.15, -0.1) is 0 Å². The van der Waals surface area contributed by atoms with Gasteiger partial charge in [-0.2, -0.15) is 11.3 Å². The summed E-state index contributed by atoms with van der Waals surface area (Å²) in [5.74, 6) is -0.435. The Morgan fingerprint density at radius 3 is 3.05 bits per heavy atom. The van der Waals surface area contributed by atoms with E-state index in [0.717, 1.165) is 19.4 Å². The summed E-state index contributed by atoms with van der Waals surface area (Å²) < 4.78 is 13.2. The van der Waals surface area contributed by atoms with Gasteiger partial charge in [0, 0.05) is 11.7 Å². The van der Waals surface area contributed by atoms with E-state index in [0.29, 0.717) is 11.7 Å². The van der Waals surface area contributed by atoms with Crippen molar-refractivity contribution in [3.8, 4) is 0 Å². The fourth-order valence-corrected chi connectivity index (χ4v) is 3.75. The van der Waals surface area contributed by atoms with Crippen LogP contribution in [0.2, 0.25) is 0 Å². The molecule has 3 rings (SSSR count). The number of amides is 1. The first kappa shape index (κ1) is 15.2. The Hall–Kier alpha value is -1.72. The third-order valence-corrected chi connectivity index (χ3v) is 4.89. The van der Waals surface area contributed by atoms with Crippen molar-refractivity contribution in [3.05, 3.63) is 52.5 Å². The van der Waals surface area contributed by atoms with Crippen LogP contribution in [0, 0.1) is 5.82 Å². The van der Waals surface area contributed by atoms with Gasteiger partial charge in [-0.3, -0.25) is 9.69 Å². The minimum absolute atomic E-state index is 0.0901. The number of carbonyl (C=O) groups excluding carboxylic acids is 1. The highest BCUT2D eigenvalue weighted by molar-refractivity contribution is 7.07. The zero-order chi connectivity index (χ0) is 15.5. The summed E-state index contributed by atoms with van der Waals surface area (Å²) in [5, 5.41) is 7.03. The molecule has 1 N–H and O–H groups in total. The molecule has 2 heterocycles. The molecule has 1 saturated heterocycles. The zero-order valence-corrected chi connectivity index (χ0v) is 13.3. The number of rotatable bonds is 4. The van der Waals surface area contributed by atoms with Crippen LogP contribution in [-0.2, 0) is 4.79 Å². The highest BCUT2D eigenvalue weighted by Crippen LogP contribution is 2.34. The number of halogens is 1. The van der Waals surface area contributed by atoms with E-state index in [1.807, 2.05) is 6.92 Å². The van der Waals surface area contributed by atoms with Gasteiger partial charge in [0.1, 0.15) is 5.82 Å². The Kier molecular flexibility index (Phi) is 4.55. The number of thiophene rings is 1. The fraction of sp³-hybridized carbons (Fsp3) is 0.353. The minimum atomic E-state index is -0.345. The highest BCUT2D eigenvalue weighted by Gasteiger charge is 2.33. The first-order chi connectivity index (χ1) is 10.6. The van der Waals surface area contributed by atoms with E-state index in [-0.39, 0.29) is 17.8 Å². The number of benzene rings is 1. The molecule has 1 aromatic carbocycles. The molecular weight excluding hydrogens is 299 g/mol. The largest absolute Gasteiger partial charge is 0.325 e. The highest BCUT2D eigenvalue weighted by atomic mass is 32.1. The van der Waals surface area contributed by atoms with Crippen LogP contribution in [0.5, 0.6) is 0 Å². The summed E-state index contributed by atoms with van der Waals surface area (Å²) in [4.78, 5) is 14.7. The Morgan fingerprint density at radius 1 is 1.45 bits per heavy atom. The first-order valence-electron chi connectivity index (χ1n) is 7.49. The van der Waals surface area contributed by atoms with E-state index in [1.54, 1.807) is 23.5 Å². The van der Waals surface area contributed by atoms with Crippen molar-refractivity contribution in [1.29, 1.82) is 0 Å². The van der Waals surface area contributed by atoms with Crippen LogP contribution in [0.15, 0.2) is 41.1 Å². The molecule has 5 heteroatoms. The van der Waals surface area contributed by atoms with E-state index in [9.17, 15) is 9.18 Å². The molecule has 1 fully saturated rings. The molecular formula is C17H19FN2OS. The van der Waals surface area contributed by atoms with Crippen LogP contribution in [-0.4, -0.2) is 23.4 Å². The third-order valence-electron chi connectivity index (χ3n) is 4.19. The lowest BCUT2D eigenvalue weighted by molar-refractivity contribution is -0.121. The average Bonchev–Trinajstić information content (AvgIpc) is 3.17. The fourth-order valence-electron chi connectivity index (χ4n) is 3.04. The number of anilines is 1. The molecule has 1 aromatic heterocycles. The Bertz CT molecular complexity index is 644. The molecule has 2 atom stereocenters. The Labute approximate surface area is 133 Å². The van der Waals surface area contributed by atoms with Crippen molar-refractivity contribution in [2.24, 2.45) is 0 Å². The number of carbonyl (C=O) groups is 1. The summed E-state index contributed by atoms with van der Waals surface area (Å²) in [6.45, 7) is 2.83. The van der Waals surface area contributed by atoms with E-state index >= 15 is 0 Å². The third kappa shape index (κ3) is 3.20. The van der Waals surface area contributed by atoms with Crippen LogP contribution in [0.25, 0.3) is 0 Å². The second-order valence-corrected chi connectivity index (χ2v) is 6.41. The van der Waals surface area contributed by atoms with E-state index in [4.69, 9.17) is 0 Å². The quantitative estimate of drug-likeness (QED) is 0.922. The second-order valence-electron chi connectivity index (χ2n) is 5.63. The monoisotopic (exact) mass is 318 g/mol. The van der Waals surface area contributed by atoms with Gasteiger partial charge >= 0.3 is 0 Å². The molecule has 22 heavy (non-hydrogen) atoms. The van der Waals surface area contributed by atoms with Gasteiger partial charge in [0.2, 0.25) is 5.91 Å². The van der Waals surface area contributed by atoms with E-state index in [1.165, 1.54) is 17.7 Å². The average molecular weight is 318 g/mol. The maximum absolute atomic E-state index is 13.2. The van der Waals surface area contributed by atoms with Crippen LogP contribution < -0.4 is 5.32 Å². The smallest absolute Gasteiger partial charge is 0.241 e. The lowest BCUT2D eigenvalue weighted by Crippen LogP contribution is -2.41. The minimum Gasteiger partial charge on any atom is -0.325 e. The molecule has 0 radical (unpaired) electrons. The predicted octanol–water partition coefficient (Wildman–Crippen LogP) is 4.05. The summed E-state index contributed by atoms with van der Waals surface area (Å²) in [6, 6.07) is 8.20. The van der Waals surface area contributed by atoms with Crippen molar-refractivity contribution in [1.82, 2.24) is 4.90 Å². The van der Waals surface area contributed by atoms with Crippen LogP contribution in [0.1, 0.15) is 31.4 Å². The molecule has 2 aromatic rings. The van der Waals surface area contributed by atoms with Gasteiger partial charge in [-0.25, -0.2) is 4.39 Å². The summed E-state index contributed by atoms with van der Waals surface area (Å²) >= 11 is 1.68. The van der Waals surface area contributed by atoms with Crippen molar-refractivity contribution >= 4 is 22.9 Å². The first-order valence-corrected chi connectivity index (χ1v) is 8.43. The van der Waals surface area contributed by atoms with Crippen molar-refractivity contribution < 1.29 is 9.18 Å². The van der Waals surface area contributed by atoms with Crippen molar-refractivity contribution in [2.45, 2.75) is 31.8 Å². The summed E-state index contributed by atoms with van der Waals surface area (Å²) in [5.41, 5.74) is 1.79. The van der Waals surface area contributed by atoms with Crippen LogP contribution in [0.3, 0.4) is 0 Å². The Balaban J connectivity index is 1.70. The normalized spacial score (nSPS) is 20.0. The molecule has 0 spiro atoms. The molecule has 1 aliphatic heterocycles. The summed E-state index contributed by atoms with van der Waals surface area (Å²) in [7, 11) is 0. The maximum Gasteiger partial charge on any atom is 0.241 e. The second kappa shape index (κ2) is 6.58. The van der Waals surface area contributed by atoms with Crippen LogP contribution in [0.4, 0.5) is 10.1 Å². The number of nitrogens with one attached hydrogen (secondary N) is 1. The standard InChI is InChI=1S/C17H19FN2OS/c1-12(17(21)19-15-5-2-4-14(18)10-15)20-8-3-6-16(20)13-7-9-22-11-13/h2,4-5,7,9-12,16H,3,6,8H2,1H3,(H,19,21)/t12-,16-/m1/s1. The molecule has 0 bridgehead atoms. The van der Waals surface area contributed by atoms with Gasteiger partial charge in [0.05, 0.1) is 6.04 Å². The topological polar surface area (TPSA) is 32.3 Å². The van der Waals surface area contributed by atoms with Gasteiger partial charge < -0.3 is 5.32 Å². The van der Waals surface area contributed by atoms with E-state index in [2.05, 4.69) is 27.0 Å². The predicted molar refractivity (Wildman–Crippen MR) is 87.5 cm³/mol. The van der Waals surface area contributed by atoms with Crippen molar-refractivity contribution in [2.75, 3.05) is 11.9 Å². The van der Waals surface area contributed by atoms with Gasteiger partial charge in [-0.05, 0) is 66.9 Å². The van der Waals surface area contributed by atoms with Crippen LogP contribution >= 0.6 is 11.3 Å². The number of likely N-dealkylation sites (tertiary alicyclic amines) is 1. The molecule has 0 aliphatic carbocycles. The van der Waals surface area contributed by atoms with Gasteiger partial charge in [0.15, 0.2) is 0 Å². The maximum atomic E-state index is 13.2. The number of hydrogen-bond donors (Lipinski definition) is 1. The lowest BCUT2D eigenvalue weighted by atomic mass is 10.1. The molecule has 3 nitrogen and oxygen atoms in total. The number of hydrogen-bond acceptors (Lipinski definition) is 3. The van der Waals surface area contributed by atoms with Crippen molar-refractivity contribution in [3.63, 3.8) is 0 Å².